The third-order valence-corrected chi connectivity index (χ3v) is 3.67. The largest absolute Gasteiger partial charge is 0.339 e. The summed E-state index contributed by atoms with van der Waals surface area (Å²) in [5.74, 6) is -0.362. The Morgan fingerprint density at radius 1 is 1.27 bits per heavy atom. The highest BCUT2D eigenvalue weighted by Crippen LogP contribution is 2.18. The van der Waals surface area contributed by atoms with Crippen LogP contribution in [-0.2, 0) is 16.1 Å². The predicted molar refractivity (Wildman–Crippen MR) is 91.9 cm³/mol. The van der Waals surface area contributed by atoms with Crippen LogP contribution in [0.2, 0.25) is 0 Å². The van der Waals surface area contributed by atoms with E-state index in [0.29, 0.717) is 13.1 Å². The summed E-state index contributed by atoms with van der Waals surface area (Å²) in [6.07, 6.45) is 0. The summed E-state index contributed by atoms with van der Waals surface area (Å²) in [6.45, 7) is 8.20. The van der Waals surface area contributed by atoms with Crippen LogP contribution in [0.15, 0.2) is 24.3 Å². The van der Waals surface area contributed by atoms with Gasteiger partial charge in [0.15, 0.2) is 0 Å². The molecule has 124 valence electrons. The molecule has 0 saturated heterocycles. The van der Waals surface area contributed by atoms with Crippen molar-refractivity contribution in [2.24, 2.45) is 11.7 Å². The van der Waals surface area contributed by atoms with Crippen LogP contribution in [0.5, 0.6) is 0 Å². The van der Waals surface area contributed by atoms with E-state index in [2.05, 4.69) is 5.32 Å². The molecule has 0 spiro atoms. The number of para-hydroxylation sites is 1. The van der Waals surface area contributed by atoms with E-state index in [9.17, 15) is 9.59 Å². The Morgan fingerprint density at radius 2 is 1.86 bits per heavy atom. The van der Waals surface area contributed by atoms with E-state index in [1.165, 1.54) is 0 Å². The van der Waals surface area contributed by atoms with Gasteiger partial charge in [0.1, 0.15) is 0 Å². The number of nitrogens with two attached hydrogens (primary N) is 1. The number of carbonyl (C=O) groups excluding carboxylic acids is 2. The summed E-state index contributed by atoms with van der Waals surface area (Å²) >= 11 is 0. The molecule has 1 rings (SSSR count). The highest BCUT2D eigenvalue weighted by molar-refractivity contribution is 5.93. The average molecular weight is 328 g/mol. The lowest BCUT2D eigenvalue weighted by atomic mass is 10.0. The van der Waals surface area contributed by atoms with Gasteiger partial charge >= 0.3 is 0 Å². The molecule has 6 heteroatoms. The summed E-state index contributed by atoms with van der Waals surface area (Å²) in [4.78, 5) is 25.4. The van der Waals surface area contributed by atoms with Gasteiger partial charge in [-0.3, -0.25) is 9.59 Å². The van der Waals surface area contributed by atoms with E-state index in [-0.39, 0.29) is 36.2 Å². The molecule has 0 aliphatic heterocycles. The van der Waals surface area contributed by atoms with Gasteiger partial charge in [0.05, 0.1) is 5.92 Å². The Morgan fingerprint density at radius 3 is 2.36 bits per heavy atom. The molecule has 5 nitrogen and oxygen atoms in total. The van der Waals surface area contributed by atoms with Crippen LogP contribution in [-0.4, -0.2) is 29.3 Å². The number of amides is 2. The van der Waals surface area contributed by atoms with Gasteiger partial charge < -0.3 is 16.0 Å². The predicted octanol–water partition coefficient (Wildman–Crippen LogP) is 2.40. The van der Waals surface area contributed by atoms with Crippen LogP contribution in [0, 0.1) is 5.92 Å². The molecule has 1 aromatic carbocycles. The number of anilines is 1. The lowest BCUT2D eigenvalue weighted by Gasteiger charge is -2.22. The maximum atomic E-state index is 12.1. The van der Waals surface area contributed by atoms with Gasteiger partial charge in [0, 0.05) is 31.7 Å². The molecule has 0 heterocycles. The zero-order valence-electron chi connectivity index (χ0n) is 13.6. The van der Waals surface area contributed by atoms with Crippen LogP contribution >= 0.6 is 12.4 Å². The Hall–Kier alpha value is -1.59. The molecule has 2 amide bonds. The van der Waals surface area contributed by atoms with E-state index >= 15 is 0 Å². The van der Waals surface area contributed by atoms with E-state index in [1.54, 1.807) is 18.7 Å². The first kappa shape index (κ1) is 20.4. The van der Waals surface area contributed by atoms with E-state index in [1.807, 2.05) is 38.1 Å². The molecule has 2 unspecified atom stereocenters. The maximum Gasteiger partial charge on any atom is 0.228 e. The molecule has 0 radical (unpaired) electrons. The first-order valence-corrected chi connectivity index (χ1v) is 7.26. The third-order valence-electron chi connectivity index (χ3n) is 3.67. The smallest absolute Gasteiger partial charge is 0.228 e. The van der Waals surface area contributed by atoms with Crippen molar-refractivity contribution in [3.63, 3.8) is 0 Å². The lowest BCUT2D eigenvalue weighted by Crippen LogP contribution is -2.35. The Bertz CT molecular complexity index is 506. The maximum absolute atomic E-state index is 12.1. The van der Waals surface area contributed by atoms with Crippen LogP contribution in [0.3, 0.4) is 0 Å². The van der Waals surface area contributed by atoms with Gasteiger partial charge in [0.25, 0.3) is 0 Å². The van der Waals surface area contributed by atoms with Crippen molar-refractivity contribution < 1.29 is 9.59 Å². The van der Waals surface area contributed by atoms with Crippen molar-refractivity contribution in [2.45, 2.75) is 40.3 Å². The summed E-state index contributed by atoms with van der Waals surface area (Å²) in [5.41, 5.74) is 7.40. The molecule has 3 N–H and O–H groups in total. The monoisotopic (exact) mass is 327 g/mol. The van der Waals surface area contributed by atoms with Crippen LogP contribution < -0.4 is 11.1 Å². The van der Waals surface area contributed by atoms with Crippen LogP contribution in [0.1, 0.15) is 33.3 Å². The van der Waals surface area contributed by atoms with E-state index in [4.69, 9.17) is 5.73 Å². The summed E-state index contributed by atoms with van der Waals surface area (Å²) in [7, 11) is 0. The number of rotatable bonds is 6. The van der Waals surface area contributed by atoms with E-state index < -0.39 is 0 Å². The minimum absolute atomic E-state index is 0. The van der Waals surface area contributed by atoms with Gasteiger partial charge in [0.2, 0.25) is 11.8 Å². The summed E-state index contributed by atoms with van der Waals surface area (Å²) < 4.78 is 0. The fourth-order valence-electron chi connectivity index (χ4n) is 1.92. The van der Waals surface area contributed by atoms with Crippen molar-refractivity contribution in [1.82, 2.24) is 4.90 Å². The van der Waals surface area contributed by atoms with Gasteiger partial charge in [-0.2, -0.15) is 0 Å². The number of nitrogens with one attached hydrogen (secondary N) is 1. The summed E-state index contributed by atoms with van der Waals surface area (Å²) in [6, 6.07) is 7.31. The third kappa shape index (κ3) is 5.66. The molecular weight excluding hydrogens is 302 g/mol. The second-order valence-electron chi connectivity index (χ2n) is 5.33. The fraction of sp³-hybridized carbons (Fsp3) is 0.500. The standard InChI is InChI=1S/C16H25N3O2.ClH/c1-5-19(13(4)20)10-14-8-6-7-9-15(14)18-16(21)11(2)12(3)17;/h6-9,11-12H,5,10,17H2,1-4H3,(H,18,21);1H. The van der Waals surface area contributed by atoms with Crippen LogP contribution in [0.4, 0.5) is 5.69 Å². The topological polar surface area (TPSA) is 75.4 Å². The van der Waals surface area contributed by atoms with Gasteiger partial charge in [-0.15, -0.1) is 12.4 Å². The molecule has 0 saturated carbocycles. The number of nitrogens with zero attached hydrogens (tertiary/aromatic N) is 1. The number of carbonyl (C=O) groups is 2. The number of hydrogen-bond donors (Lipinski definition) is 2. The average Bonchev–Trinajstić information content (AvgIpc) is 2.44. The van der Waals surface area contributed by atoms with Crippen molar-refractivity contribution in [3.05, 3.63) is 29.8 Å². The summed E-state index contributed by atoms with van der Waals surface area (Å²) in [5, 5.41) is 2.90. The van der Waals surface area contributed by atoms with Gasteiger partial charge in [-0.05, 0) is 25.5 Å². The highest BCUT2D eigenvalue weighted by Gasteiger charge is 2.18. The van der Waals surface area contributed by atoms with Crippen molar-refractivity contribution in [2.75, 3.05) is 11.9 Å². The molecular formula is C16H26ClN3O2. The molecule has 0 aliphatic rings. The zero-order valence-corrected chi connectivity index (χ0v) is 14.4. The Balaban J connectivity index is 0.00000441. The molecule has 22 heavy (non-hydrogen) atoms. The molecule has 0 aromatic heterocycles. The molecule has 0 bridgehead atoms. The lowest BCUT2D eigenvalue weighted by molar-refractivity contribution is -0.129. The Labute approximate surface area is 138 Å². The van der Waals surface area contributed by atoms with Gasteiger partial charge in [-0.25, -0.2) is 0 Å². The zero-order chi connectivity index (χ0) is 16.0. The van der Waals surface area contributed by atoms with Crippen LogP contribution in [0.25, 0.3) is 0 Å². The number of hydrogen-bond acceptors (Lipinski definition) is 3. The normalized spacial score (nSPS) is 12.8. The first-order chi connectivity index (χ1) is 9.86. The Kier molecular flexibility index (Phi) is 8.75. The molecule has 1 aromatic rings. The quantitative estimate of drug-likeness (QED) is 0.842. The first-order valence-electron chi connectivity index (χ1n) is 7.26. The second kappa shape index (κ2) is 9.43. The molecule has 2 atom stereocenters. The van der Waals surface area contributed by atoms with Gasteiger partial charge in [-0.1, -0.05) is 25.1 Å². The van der Waals surface area contributed by atoms with Crippen molar-refractivity contribution in [1.29, 1.82) is 0 Å². The van der Waals surface area contributed by atoms with Crippen molar-refractivity contribution in [3.8, 4) is 0 Å². The minimum Gasteiger partial charge on any atom is -0.339 e. The minimum atomic E-state index is -0.270. The second-order valence-corrected chi connectivity index (χ2v) is 5.33. The molecule has 0 aliphatic carbocycles. The number of benzene rings is 1. The highest BCUT2D eigenvalue weighted by atomic mass is 35.5. The van der Waals surface area contributed by atoms with E-state index in [0.717, 1.165) is 11.3 Å². The SMILES string of the molecule is CCN(Cc1ccccc1NC(=O)C(C)C(C)N)C(C)=O.Cl. The number of halogens is 1. The fourth-order valence-corrected chi connectivity index (χ4v) is 1.92. The van der Waals surface area contributed by atoms with Crippen molar-refractivity contribution >= 4 is 29.9 Å². The molecule has 0 fully saturated rings.